The maximum atomic E-state index is 13.9. The summed E-state index contributed by atoms with van der Waals surface area (Å²) in [7, 11) is 1.62. The van der Waals surface area contributed by atoms with Crippen LogP contribution in [0.2, 0.25) is 0 Å². The van der Waals surface area contributed by atoms with Gasteiger partial charge in [0.1, 0.15) is 17.5 Å². The highest BCUT2D eigenvalue weighted by atomic mass is 16.5. The number of amides is 2. The Kier molecular flexibility index (Phi) is 10.0. The van der Waals surface area contributed by atoms with Crippen molar-refractivity contribution in [2.45, 2.75) is 71.0 Å². The molecule has 0 heterocycles. The number of ether oxygens (including phenoxy) is 2. The summed E-state index contributed by atoms with van der Waals surface area (Å²) in [4.78, 5) is 29.4. The molecule has 0 aliphatic heterocycles. The van der Waals surface area contributed by atoms with E-state index in [1.54, 1.807) is 12.0 Å². The molecule has 2 amide bonds. The van der Waals surface area contributed by atoms with Crippen LogP contribution in [-0.4, -0.2) is 42.5 Å². The minimum Gasteiger partial charge on any atom is -0.497 e. The van der Waals surface area contributed by atoms with Crippen LogP contribution in [0.1, 0.15) is 54.4 Å². The second kappa shape index (κ2) is 13.8. The van der Waals surface area contributed by atoms with E-state index in [1.165, 1.54) is 6.42 Å². The van der Waals surface area contributed by atoms with Crippen molar-refractivity contribution in [3.63, 3.8) is 0 Å². The Balaban J connectivity index is 1.63. The van der Waals surface area contributed by atoms with Gasteiger partial charge in [-0.05, 0) is 61.6 Å². The Hall–Kier alpha value is -3.80. The molecular weight excluding hydrogens is 488 g/mol. The zero-order chi connectivity index (χ0) is 27.6. The molecule has 1 atom stereocenters. The van der Waals surface area contributed by atoms with E-state index in [0.717, 1.165) is 47.9 Å². The average Bonchev–Trinajstić information content (AvgIpc) is 2.95. The standard InChI is InChI=1S/C33H40N2O4/c1-24-17-18-31(25(2)19-24)39-23-32(36)35(22-27-13-10-16-29(20-27)38-3)30(21-26-11-6-4-7-12-26)33(37)34-28-14-8-5-9-15-28/h4,6-7,10-13,16-20,28,30H,5,8-9,14-15,21-23H2,1-3H3,(H,34,37). The van der Waals surface area contributed by atoms with Crippen molar-refractivity contribution >= 4 is 11.8 Å². The van der Waals surface area contributed by atoms with Gasteiger partial charge in [0.05, 0.1) is 7.11 Å². The van der Waals surface area contributed by atoms with E-state index in [9.17, 15) is 9.59 Å². The fourth-order valence-electron chi connectivity index (χ4n) is 5.25. The molecule has 6 nitrogen and oxygen atoms in total. The van der Waals surface area contributed by atoms with Gasteiger partial charge in [-0.2, -0.15) is 0 Å². The zero-order valence-corrected chi connectivity index (χ0v) is 23.3. The number of carbonyl (C=O) groups excluding carboxylic acids is 2. The van der Waals surface area contributed by atoms with E-state index in [1.807, 2.05) is 86.6 Å². The van der Waals surface area contributed by atoms with Crippen molar-refractivity contribution in [1.82, 2.24) is 10.2 Å². The first-order chi connectivity index (χ1) is 18.9. The Morgan fingerprint density at radius 1 is 0.923 bits per heavy atom. The van der Waals surface area contributed by atoms with Crippen LogP contribution in [0.15, 0.2) is 72.8 Å². The highest BCUT2D eigenvalue weighted by molar-refractivity contribution is 5.88. The lowest BCUT2D eigenvalue weighted by Crippen LogP contribution is -2.53. The largest absolute Gasteiger partial charge is 0.497 e. The molecule has 0 bridgehead atoms. The average molecular weight is 529 g/mol. The van der Waals surface area contributed by atoms with Crippen LogP contribution in [-0.2, 0) is 22.6 Å². The Labute approximate surface area is 232 Å². The van der Waals surface area contributed by atoms with Crippen molar-refractivity contribution in [2.24, 2.45) is 0 Å². The van der Waals surface area contributed by atoms with Crippen LogP contribution in [0.4, 0.5) is 0 Å². The van der Waals surface area contributed by atoms with E-state index in [0.29, 0.717) is 17.9 Å². The maximum Gasteiger partial charge on any atom is 0.261 e. The lowest BCUT2D eigenvalue weighted by atomic mass is 9.94. The van der Waals surface area contributed by atoms with Crippen molar-refractivity contribution in [3.05, 3.63) is 95.1 Å². The van der Waals surface area contributed by atoms with Crippen LogP contribution >= 0.6 is 0 Å². The number of carbonyl (C=O) groups is 2. The summed E-state index contributed by atoms with van der Waals surface area (Å²) in [5, 5.41) is 3.27. The topological polar surface area (TPSA) is 67.9 Å². The molecular formula is C33H40N2O4. The molecule has 1 N–H and O–H groups in total. The van der Waals surface area contributed by atoms with E-state index in [-0.39, 0.29) is 31.0 Å². The SMILES string of the molecule is COc1cccc(CN(C(=O)COc2ccc(C)cc2C)C(Cc2ccccc2)C(=O)NC2CCCCC2)c1. The third-order valence-electron chi connectivity index (χ3n) is 7.39. The molecule has 39 heavy (non-hydrogen) atoms. The molecule has 1 saturated carbocycles. The van der Waals surface area contributed by atoms with Crippen LogP contribution in [0.5, 0.6) is 11.5 Å². The van der Waals surface area contributed by atoms with E-state index in [2.05, 4.69) is 5.32 Å². The smallest absolute Gasteiger partial charge is 0.261 e. The number of methoxy groups -OCH3 is 1. The van der Waals surface area contributed by atoms with Crippen molar-refractivity contribution in [1.29, 1.82) is 0 Å². The van der Waals surface area contributed by atoms with Gasteiger partial charge in [-0.25, -0.2) is 0 Å². The van der Waals surface area contributed by atoms with Crippen LogP contribution in [0, 0.1) is 13.8 Å². The molecule has 6 heteroatoms. The predicted molar refractivity (Wildman–Crippen MR) is 154 cm³/mol. The molecule has 0 saturated heterocycles. The predicted octanol–water partition coefficient (Wildman–Crippen LogP) is 5.78. The molecule has 1 aliphatic carbocycles. The minimum absolute atomic E-state index is 0.117. The van der Waals surface area contributed by atoms with Crippen molar-refractivity contribution in [2.75, 3.05) is 13.7 Å². The first-order valence-corrected chi connectivity index (χ1v) is 13.9. The van der Waals surface area contributed by atoms with E-state index >= 15 is 0 Å². The lowest BCUT2D eigenvalue weighted by Gasteiger charge is -2.33. The third-order valence-corrected chi connectivity index (χ3v) is 7.39. The molecule has 206 valence electrons. The zero-order valence-electron chi connectivity index (χ0n) is 23.3. The van der Waals surface area contributed by atoms with Crippen LogP contribution in [0.3, 0.4) is 0 Å². The second-order valence-electron chi connectivity index (χ2n) is 10.5. The number of rotatable bonds is 11. The molecule has 3 aromatic carbocycles. The van der Waals surface area contributed by atoms with Crippen molar-refractivity contribution < 1.29 is 19.1 Å². The van der Waals surface area contributed by atoms with Gasteiger partial charge in [0.15, 0.2) is 6.61 Å². The molecule has 4 rings (SSSR count). The summed E-state index contributed by atoms with van der Waals surface area (Å²) in [6, 6.07) is 22.9. The fraction of sp³-hybridized carbons (Fsp3) is 0.394. The van der Waals surface area contributed by atoms with Crippen LogP contribution < -0.4 is 14.8 Å². The number of benzene rings is 3. The Morgan fingerprint density at radius 2 is 1.67 bits per heavy atom. The van der Waals surface area contributed by atoms with Gasteiger partial charge < -0.3 is 19.7 Å². The monoisotopic (exact) mass is 528 g/mol. The highest BCUT2D eigenvalue weighted by Crippen LogP contribution is 2.22. The first kappa shape index (κ1) is 28.2. The summed E-state index contributed by atoms with van der Waals surface area (Å²) in [5.41, 5.74) is 3.99. The maximum absolute atomic E-state index is 13.9. The van der Waals surface area contributed by atoms with Gasteiger partial charge in [-0.15, -0.1) is 0 Å². The molecule has 0 aromatic heterocycles. The molecule has 1 unspecified atom stereocenters. The number of nitrogens with zero attached hydrogens (tertiary/aromatic N) is 1. The summed E-state index contributed by atoms with van der Waals surface area (Å²) in [5.74, 6) is 1.02. The van der Waals surface area contributed by atoms with Crippen molar-refractivity contribution in [3.8, 4) is 11.5 Å². The Bertz CT molecular complexity index is 1240. The van der Waals surface area contributed by atoms with Crippen LogP contribution in [0.25, 0.3) is 0 Å². The number of nitrogens with one attached hydrogen (secondary N) is 1. The van der Waals surface area contributed by atoms with Gasteiger partial charge in [-0.3, -0.25) is 9.59 Å². The van der Waals surface area contributed by atoms with E-state index < -0.39 is 6.04 Å². The summed E-state index contributed by atoms with van der Waals surface area (Å²) >= 11 is 0. The number of hydrogen-bond acceptors (Lipinski definition) is 4. The quantitative estimate of drug-likeness (QED) is 0.343. The lowest BCUT2D eigenvalue weighted by molar-refractivity contribution is -0.143. The fourth-order valence-corrected chi connectivity index (χ4v) is 5.25. The van der Waals surface area contributed by atoms with Gasteiger partial charge in [0.2, 0.25) is 5.91 Å². The summed E-state index contributed by atoms with van der Waals surface area (Å²) in [6.07, 6.45) is 5.80. The summed E-state index contributed by atoms with van der Waals surface area (Å²) < 4.78 is 11.4. The van der Waals surface area contributed by atoms with Gasteiger partial charge in [0, 0.05) is 19.0 Å². The Morgan fingerprint density at radius 3 is 2.38 bits per heavy atom. The second-order valence-corrected chi connectivity index (χ2v) is 10.5. The molecule has 0 radical (unpaired) electrons. The number of aryl methyl sites for hydroxylation is 2. The minimum atomic E-state index is -0.684. The summed E-state index contributed by atoms with van der Waals surface area (Å²) in [6.45, 7) is 4.10. The van der Waals surface area contributed by atoms with Gasteiger partial charge in [0.25, 0.3) is 5.91 Å². The molecule has 1 aliphatic rings. The van der Waals surface area contributed by atoms with E-state index in [4.69, 9.17) is 9.47 Å². The van der Waals surface area contributed by atoms with Gasteiger partial charge in [-0.1, -0.05) is 79.4 Å². The first-order valence-electron chi connectivity index (χ1n) is 13.9. The molecule has 1 fully saturated rings. The molecule has 3 aromatic rings. The highest BCUT2D eigenvalue weighted by Gasteiger charge is 2.32. The number of hydrogen-bond donors (Lipinski definition) is 1. The molecule has 0 spiro atoms. The third kappa shape index (κ3) is 8.09. The normalized spacial score (nSPS) is 14.3. The van der Waals surface area contributed by atoms with Gasteiger partial charge >= 0.3 is 0 Å².